The van der Waals surface area contributed by atoms with Crippen LogP contribution < -0.4 is 9.64 Å². The molecule has 2 N–H and O–H groups in total. The van der Waals surface area contributed by atoms with E-state index in [1.165, 1.54) is 18.1 Å². The fourth-order valence-electron chi connectivity index (χ4n) is 4.05. The van der Waals surface area contributed by atoms with Crippen molar-refractivity contribution in [1.29, 1.82) is 0 Å². The quantitative estimate of drug-likeness (QED) is 0.614. The molecule has 0 bridgehead atoms. The summed E-state index contributed by atoms with van der Waals surface area (Å²) in [6.07, 6.45) is -0.433. The lowest BCUT2D eigenvalue weighted by atomic mass is 9.98. The van der Waals surface area contributed by atoms with Gasteiger partial charge in [0.05, 0.1) is 49.0 Å². The first kappa shape index (κ1) is 19.4. The average Bonchev–Trinajstić information content (AvgIpc) is 3.33. The van der Waals surface area contributed by atoms with Crippen molar-refractivity contribution in [3.63, 3.8) is 0 Å². The molecule has 0 spiro atoms. The molecule has 1 aromatic heterocycles. The number of amides is 1. The highest BCUT2D eigenvalue weighted by Gasteiger charge is 2.39. The normalized spacial score (nSPS) is 17.6. The summed E-state index contributed by atoms with van der Waals surface area (Å²) in [5, 5.41) is 20.0. The Morgan fingerprint density at radius 2 is 2.00 bits per heavy atom. The van der Waals surface area contributed by atoms with Crippen LogP contribution >= 0.6 is 0 Å². The maximum atomic E-state index is 15.0. The van der Waals surface area contributed by atoms with Crippen LogP contribution in [0, 0.1) is 5.82 Å². The van der Waals surface area contributed by atoms with Gasteiger partial charge in [-0.2, -0.15) is 0 Å². The van der Waals surface area contributed by atoms with Crippen LogP contribution in [0.25, 0.3) is 22.4 Å². The molecule has 2 aromatic carbocycles. The third kappa shape index (κ3) is 2.78. The van der Waals surface area contributed by atoms with Gasteiger partial charge in [-0.1, -0.05) is 0 Å². The Morgan fingerprint density at radius 1 is 1.23 bits per heavy atom. The van der Waals surface area contributed by atoms with Crippen LogP contribution in [0.4, 0.5) is 14.9 Å². The maximum absolute atomic E-state index is 15.0. The molecule has 2 aliphatic rings. The number of carbonyl (C=O) groups excluding carboxylic acids is 1. The lowest BCUT2D eigenvalue weighted by Crippen LogP contribution is -2.49. The van der Waals surface area contributed by atoms with Crippen molar-refractivity contribution >= 4 is 22.8 Å². The van der Waals surface area contributed by atoms with Crippen molar-refractivity contribution in [1.82, 2.24) is 9.55 Å². The van der Waals surface area contributed by atoms with E-state index in [1.54, 1.807) is 12.1 Å². The number of anilines is 1. The molecule has 0 unspecified atom stereocenters. The van der Waals surface area contributed by atoms with Gasteiger partial charge in [0, 0.05) is 5.69 Å². The van der Waals surface area contributed by atoms with E-state index < -0.39 is 28.9 Å². The van der Waals surface area contributed by atoms with Crippen LogP contribution in [-0.2, 0) is 15.0 Å². The number of rotatable bonds is 4. The molecule has 5 rings (SSSR count). The molecule has 31 heavy (non-hydrogen) atoms. The molecule has 162 valence electrons. The van der Waals surface area contributed by atoms with Crippen molar-refractivity contribution in [3.05, 3.63) is 30.1 Å². The molecule has 0 saturated carbocycles. The van der Waals surface area contributed by atoms with Crippen LogP contribution in [-0.4, -0.2) is 59.3 Å². The van der Waals surface area contributed by atoms with Crippen molar-refractivity contribution in [2.45, 2.75) is 12.5 Å². The van der Waals surface area contributed by atoms with Crippen molar-refractivity contribution < 1.29 is 33.6 Å². The van der Waals surface area contributed by atoms with E-state index in [9.17, 15) is 15.0 Å². The van der Waals surface area contributed by atoms with Crippen LogP contribution in [0.3, 0.4) is 0 Å². The van der Waals surface area contributed by atoms with Crippen molar-refractivity contribution in [3.8, 4) is 28.6 Å². The number of aromatic nitrogens is 2. The molecule has 2 aliphatic heterocycles. The topological polar surface area (TPSA) is 106 Å². The molecule has 3 aromatic rings. The number of hydrogen-bond acceptors (Lipinski definition) is 7. The minimum Gasteiger partial charge on any atom is -0.502 e. The van der Waals surface area contributed by atoms with E-state index in [0.717, 1.165) is 0 Å². The Labute approximate surface area is 176 Å². The second kappa shape index (κ2) is 6.74. The first-order chi connectivity index (χ1) is 14.8. The number of benzene rings is 2. The van der Waals surface area contributed by atoms with Crippen LogP contribution in [0.15, 0.2) is 24.3 Å². The third-order valence-corrected chi connectivity index (χ3v) is 5.71. The number of fused-ring (bicyclic) bond motifs is 1. The van der Waals surface area contributed by atoms with E-state index in [4.69, 9.17) is 14.2 Å². The minimum atomic E-state index is -1.01. The number of aromatic hydroxyl groups is 2. The largest absolute Gasteiger partial charge is 0.502 e. The number of imidazole rings is 1. The van der Waals surface area contributed by atoms with Gasteiger partial charge >= 0.3 is 6.09 Å². The van der Waals surface area contributed by atoms with Gasteiger partial charge in [0.1, 0.15) is 12.4 Å². The number of halogens is 1. The van der Waals surface area contributed by atoms with Gasteiger partial charge in [-0.25, -0.2) is 14.2 Å². The number of phenolic OH excluding ortho intramolecular Hbond substituents is 2. The van der Waals surface area contributed by atoms with Crippen LogP contribution in [0.1, 0.15) is 6.92 Å². The Balaban J connectivity index is 1.75. The van der Waals surface area contributed by atoms with E-state index in [-0.39, 0.29) is 17.1 Å². The summed E-state index contributed by atoms with van der Waals surface area (Å²) in [5.41, 5.74) is 1.34. The molecule has 0 aliphatic carbocycles. The maximum Gasteiger partial charge on any atom is 0.414 e. The van der Waals surface area contributed by atoms with E-state index in [2.05, 4.69) is 4.98 Å². The van der Waals surface area contributed by atoms with Crippen molar-refractivity contribution in [2.75, 3.05) is 38.4 Å². The number of carbonyl (C=O) groups is 1. The molecule has 3 heterocycles. The van der Waals surface area contributed by atoms with Crippen LogP contribution in [0.5, 0.6) is 17.2 Å². The molecular formula is C21H20FN3O6. The number of methoxy groups -OCH3 is 1. The zero-order chi connectivity index (χ0) is 21.9. The summed E-state index contributed by atoms with van der Waals surface area (Å²) < 4.78 is 32.4. The average molecular weight is 429 g/mol. The zero-order valence-electron chi connectivity index (χ0n) is 16.9. The number of ether oxygens (including phenoxy) is 3. The van der Waals surface area contributed by atoms with Gasteiger partial charge < -0.3 is 29.0 Å². The molecular weight excluding hydrogens is 409 g/mol. The number of phenols is 2. The lowest BCUT2D eigenvalue weighted by molar-refractivity contribution is -0.0868. The fraction of sp³-hybridized carbons (Fsp3) is 0.333. The predicted octanol–water partition coefficient (Wildman–Crippen LogP) is 2.96. The number of hydrogen-bond donors (Lipinski definition) is 2. The van der Waals surface area contributed by atoms with Gasteiger partial charge in [-0.15, -0.1) is 0 Å². The first-order valence-corrected chi connectivity index (χ1v) is 9.68. The second-order valence-corrected chi connectivity index (χ2v) is 7.84. The second-order valence-electron chi connectivity index (χ2n) is 7.84. The van der Waals surface area contributed by atoms with Gasteiger partial charge in [0.2, 0.25) is 5.75 Å². The molecule has 0 radical (unpaired) electrons. The number of cyclic esters (lactones) is 1. The Morgan fingerprint density at radius 3 is 2.61 bits per heavy atom. The molecule has 10 heteroatoms. The van der Waals surface area contributed by atoms with Gasteiger partial charge in [-0.05, 0) is 31.2 Å². The smallest absolute Gasteiger partial charge is 0.414 e. The number of nitrogens with zero attached hydrogens (tertiary/aromatic N) is 3. The van der Waals surface area contributed by atoms with E-state index >= 15 is 4.39 Å². The molecule has 9 nitrogen and oxygen atoms in total. The van der Waals surface area contributed by atoms with Gasteiger partial charge in [0.15, 0.2) is 17.3 Å². The Bertz CT molecular complexity index is 1220. The SMILES string of the molecule is COc1cc(-c2nc3cc(N4CCOC4=O)ccc3n2C2(C)COC2)c(F)c(O)c1O. The fourth-order valence-corrected chi connectivity index (χ4v) is 4.05. The van der Waals surface area contributed by atoms with E-state index in [1.807, 2.05) is 17.6 Å². The molecule has 2 saturated heterocycles. The monoisotopic (exact) mass is 429 g/mol. The van der Waals surface area contributed by atoms with E-state index in [0.29, 0.717) is 43.1 Å². The summed E-state index contributed by atoms with van der Waals surface area (Å²) in [6, 6.07) is 6.63. The highest BCUT2D eigenvalue weighted by Crippen LogP contribution is 2.45. The highest BCUT2D eigenvalue weighted by atomic mass is 19.1. The van der Waals surface area contributed by atoms with Crippen LogP contribution in [0.2, 0.25) is 0 Å². The summed E-state index contributed by atoms with van der Waals surface area (Å²) >= 11 is 0. The standard InChI is InChI=1S/C21H20FN3O6/c1-21(9-30-10-21)25-14-4-3-11(24-5-6-31-20(24)28)7-13(14)23-19(25)12-8-15(29-2)17(26)18(27)16(12)22/h3-4,7-8,26-27H,5-6,9-10H2,1-2H3. The molecule has 1 amide bonds. The minimum absolute atomic E-state index is 0.0291. The Hall–Kier alpha value is -3.53. The molecule has 0 atom stereocenters. The summed E-state index contributed by atoms with van der Waals surface area (Å²) in [6.45, 7) is 3.50. The zero-order valence-corrected chi connectivity index (χ0v) is 16.9. The third-order valence-electron chi connectivity index (χ3n) is 5.71. The molecule has 2 fully saturated rings. The summed E-state index contributed by atoms with van der Waals surface area (Å²) in [5.74, 6) is -2.44. The first-order valence-electron chi connectivity index (χ1n) is 9.68. The summed E-state index contributed by atoms with van der Waals surface area (Å²) in [7, 11) is 1.31. The predicted molar refractivity (Wildman–Crippen MR) is 108 cm³/mol. The Kier molecular flexibility index (Phi) is 4.23. The van der Waals surface area contributed by atoms with Gasteiger partial charge in [0.25, 0.3) is 0 Å². The van der Waals surface area contributed by atoms with Crippen molar-refractivity contribution in [2.24, 2.45) is 0 Å². The van der Waals surface area contributed by atoms with Gasteiger partial charge in [-0.3, -0.25) is 4.90 Å². The lowest BCUT2D eigenvalue weighted by Gasteiger charge is -2.40. The summed E-state index contributed by atoms with van der Waals surface area (Å²) in [4.78, 5) is 18.1. The highest BCUT2D eigenvalue weighted by molar-refractivity contribution is 5.93.